The molecule has 6 rings (SSSR count). The average Bonchev–Trinajstić information content (AvgIpc) is 3.30. The van der Waals surface area contributed by atoms with E-state index in [1.54, 1.807) is 22.8 Å². The lowest BCUT2D eigenvalue weighted by atomic mass is 10.1. The first-order chi connectivity index (χ1) is 20.1. The zero-order chi connectivity index (χ0) is 29.4. The number of sulfonamides is 1. The molecule has 0 saturated heterocycles. The van der Waals surface area contributed by atoms with Crippen molar-refractivity contribution >= 4 is 38.7 Å². The van der Waals surface area contributed by atoms with Crippen LogP contribution < -0.4 is 5.14 Å². The lowest BCUT2D eigenvalue weighted by Crippen LogP contribution is -2.14. The lowest BCUT2D eigenvalue weighted by Gasteiger charge is -2.15. The standard InChI is InChI=1S/C31H26N4O4S3/c1-19-5-10-24(41-19)11-8-20-3-2-4-23(13-20)27-15-25(30-34-26(18-40-30)31(36)37)28(14-21-6-7-21)35(27)17-22-9-12-29(33-16-22)42(32,38)39/h2-5,9-10,12-13,15-16,18,21H,6-7,14,17H2,1H3,(H,36,37)(H2,32,38,39). The minimum atomic E-state index is -3.91. The van der Waals surface area contributed by atoms with Gasteiger partial charge < -0.3 is 9.67 Å². The maximum Gasteiger partial charge on any atom is 0.355 e. The molecule has 1 saturated carbocycles. The highest BCUT2D eigenvalue weighted by atomic mass is 32.2. The van der Waals surface area contributed by atoms with Crippen molar-refractivity contribution in [2.75, 3.05) is 0 Å². The third kappa shape index (κ3) is 6.22. The number of aryl methyl sites for hydroxylation is 1. The molecule has 0 aliphatic heterocycles. The van der Waals surface area contributed by atoms with E-state index in [0.29, 0.717) is 17.5 Å². The first kappa shape index (κ1) is 28.1. The van der Waals surface area contributed by atoms with Gasteiger partial charge in [-0.25, -0.2) is 28.3 Å². The topological polar surface area (TPSA) is 128 Å². The molecule has 4 heterocycles. The van der Waals surface area contributed by atoms with Crippen molar-refractivity contribution < 1.29 is 18.3 Å². The van der Waals surface area contributed by atoms with Gasteiger partial charge >= 0.3 is 5.97 Å². The van der Waals surface area contributed by atoms with Gasteiger partial charge in [-0.2, -0.15) is 0 Å². The molecular weight excluding hydrogens is 589 g/mol. The number of rotatable bonds is 8. The minimum Gasteiger partial charge on any atom is -0.476 e. The maximum atomic E-state index is 11.8. The Balaban J connectivity index is 1.47. The number of thiophene rings is 1. The Bertz CT molecular complexity index is 1970. The van der Waals surface area contributed by atoms with Crippen LogP contribution in [0.15, 0.2) is 71.2 Å². The van der Waals surface area contributed by atoms with Crippen LogP contribution in [-0.4, -0.2) is 34.0 Å². The molecule has 5 aromatic rings. The number of pyridine rings is 1. The summed E-state index contributed by atoms with van der Waals surface area (Å²) in [6, 6.07) is 17.3. The Morgan fingerprint density at radius 1 is 1.14 bits per heavy atom. The van der Waals surface area contributed by atoms with Crippen molar-refractivity contribution in [1.82, 2.24) is 14.5 Å². The maximum absolute atomic E-state index is 11.8. The first-order valence-electron chi connectivity index (χ1n) is 13.2. The van der Waals surface area contributed by atoms with Gasteiger partial charge in [-0.1, -0.05) is 30.0 Å². The monoisotopic (exact) mass is 614 g/mol. The first-order valence-corrected chi connectivity index (χ1v) is 16.5. The quantitative estimate of drug-likeness (QED) is 0.213. The molecule has 0 atom stereocenters. The second kappa shape index (κ2) is 11.3. The molecule has 1 aliphatic carbocycles. The van der Waals surface area contributed by atoms with Crippen LogP contribution >= 0.6 is 22.7 Å². The summed E-state index contributed by atoms with van der Waals surface area (Å²) in [4.78, 5) is 22.4. The second-order valence-electron chi connectivity index (χ2n) is 10.3. The summed E-state index contributed by atoms with van der Waals surface area (Å²) in [7, 11) is -3.91. The van der Waals surface area contributed by atoms with Crippen LogP contribution in [0, 0.1) is 24.7 Å². The summed E-state index contributed by atoms with van der Waals surface area (Å²) in [5.41, 5.74) is 5.53. The lowest BCUT2D eigenvalue weighted by molar-refractivity contribution is 0.0691. The Morgan fingerprint density at radius 3 is 2.62 bits per heavy atom. The predicted octanol–water partition coefficient (Wildman–Crippen LogP) is 5.79. The van der Waals surface area contributed by atoms with Gasteiger partial charge in [0.2, 0.25) is 0 Å². The molecule has 42 heavy (non-hydrogen) atoms. The number of nitrogens with zero attached hydrogens (tertiary/aromatic N) is 3. The zero-order valence-electron chi connectivity index (χ0n) is 22.6. The number of nitrogens with two attached hydrogens (primary N) is 1. The van der Waals surface area contributed by atoms with E-state index in [1.807, 2.05) is 24.3 Å². The molecule has 1 aliphatic rings. The molecule has 3 N–H and O–H groups in total. The van der Waals surface area contributed by atoms with Gasteiger partial charge in [0.25, 0.3) is 10.0 Å². The number of benzene rings is 1. The van der Waals surface area contributed by atoms with E-state index < -0.39 is 16.0 Å². The predicted molar refractivity (Wildman–Crippen MR) is 164 cm³/mol. The molecule has 0 amide bonds. The van der Waals surface area contributed by atoms with Crippen LogP contribution in [0.2, 0.25) is 0 Å². The number of hydrogen-bond acceptors (Lipinski definition) is 7. The molecule has 1 fully saturated rings. The second-order valence-corrected chi connectivity index (χ2v) is 13.9. The molecule has 4 aromatic heterocycles. The largest absolute Gasteiger partial charge is 0.476 e. The normalized spacial score (nSPS) is 13.1. The number of carbonyl (C=O) groups is 1. The van der Waals surface area contributed by atoms with Crippen LogP contribution in [0.25, 0.3) is 21.8 Å². The van der Waals surface area contributed by atoms with Crippen molar-refractivity contribution in [2.45, 2.75) is 37.8 Å². The Morgan fingerprint density at radius 2 is 1.98 bits per heavy atom. The van der Waals surface area contributed by atoms with E-state index in [1.165, 1.54) is 28.5 Å². The number of aromatic carboxylic acids is 1. The molecule has 0 bridgehead atoms. The summed E-state index contributed by atoms with van der Waals surface area (Å²) in [6.45, 7) is 2.48. The van der Waals surface area contributed by atoms with E-state index in [0.717, 1.165) is 57.8 Å². The van der Waals surface area contributed by atoms with E-state index in [-0.39, 0.29) is 10.7 Å². The van der Waals surface area contributed by atoms with E-state index in [2.05, 4.69) is 51.5 Å². The van der Waals surface area contributed by atoms with Gasteiger partial charge in [0.05, 0.1) is 4.88 Å². The van der Waals surface area contributed by atoms with E-state index >= 15 is 0 Å². The van der Waals surface area contributed by atoms with Crippen LogP contribution in [0.3, 0.4) is 0 Å². The highest BCUT2D eigenvalue weighted by Crippen LogP contribution is 2.41. The molecule has 1 aromatic carbocycles. The third-order valence-electron chi connectivity index (χ3n) is 7.00. The van der Waals surface area contributed by atoms with Gasteiger partial charge in [-0.05, 0) is 79.6 Å². The molecular formula is C31H26N4O4S3. The van der Waals surface area contributed by atoms with E-state index in [4.69, 9.17) is 5.14 Å². The summed E-state index contributed by atoms with van der Waals surface area (Å²) >= 11 is 2.97. The summed E-state index contributed by atoms with van der Waals surface area (Å²) < 4.78 is 25.7. The highest BCUT2D eigenvalue weighted by molar-refractivity contribution is 7.89. The van der Waals surface area contributed by atoms with Crippen molar-refractivity contribution in [1.29, 1.82) is 0 Å². The smallest absolute Gasteiger partial charge is 0.355 e. The van der Waals surface area contributed by atoms with Crippen LogP contribution in [0.5, 0.6) is 0 Å². The number of aromatic nitrogens is 3. The van der Waals surface area contributed by atoms with Crippen molar-refractivity contribution in [2.24, 2.45) is 11.1 Å². The molecule has 0 radical (unpaired) electrons. The van der Waals surface area contributed by atoms with Crippen molar-refractivity contribution in [3.05, 3.63) is 98.4 Å². The molecule has 0 unspecified atom stereocenters. The molecule has 11 heteroatoms. The molecule has 212 valence electrons. The number of carboxylic acids is 1. The van der Waals surface area contributed by atoms with Gasteiger partial charge in [0.15, 0.2) is 10.7 Å². The van der Waals surface area contributed by atoms with Crippen LogP contribution in [-0.2, 0) is 23.0 Å². The summed E-state index contributed by atoms with van der Waals surface area (Å²) in [6.07, 6.45) is 4.62. The minimum absolute atomic E-state index is 0.0190. The molecule has 8 nitrogen and oxygen atoms in total. The fourth-order valence-electron chi connectivity index (χ4n) is 4.75. The number of hydrogen-bond donors (Lipinski definition) is 2. The van der Waals surface area contributed by atoms with Gasteiger partial charge in [0.1, 0.15) is 5.01 Å². The van der Waals surface area contributed by atoms with Crippen LogP contribution in [0.4, 0.5) is 0 Å². The van der Waals surface area contributed by atoms with Crippen LogP contribution in [0.1, 0.15) is 49.9 Å². The van der Waals surface area contributed by atoms with Gasteiger partial charge in [-0.15, -0.1) is 22.7 Å². The summed E-state index contributed by atoms with van der Waals surface area (Å²) in [5, 5.41) is 16.8. The Labute approximate surface area is 251 Å². The fourth-order valence-corrected chi connectivity index (χ4v) is 6.76. The number of primary sulfonamides is 1. The van der Waals surface area contributed by atoms with Gasteiger partial charge in [0, 0.05) is 45.5 Å². The van der Waals surface area contributed by atoms with Gasteiger partial charge in [-0.3, -0.25) is 0 Å². The van der Waals surface area contributed by atoms with Crippen molar-refractivity contribution in [3.63, 3.8) is 0 Å². The van der Waals surface area contributed by atoms with Crippen molar-refractivity contribution in [3.8, 4) is 33.7 Å². The number of thiazole rings is 1. The molecule has 0 spiro atoms. The Kier molecular flexibility index (Phi) is 7.55. The fraction of sp³-hybridized carbons (Fsp3) is 0.194. The Hall–Kier alpha value is -4.08. The third-order valence-corrected chi connectivity index (χ3v) is 9.62. The zero-order valence-corrected chi connectivity index (χ0v) is 25.0. The SMILES string of the molecule is Cc1ccc(C#Cc2cccc(-c3cc(-c4nc(C(=O)O)cs4)c(CC4CC4)n3Cc3ccc(S(N)(=O)=O)nc3)c2)s1. The average molecular weight is 615 g/mol. The summed E-state index contributed by atoms with van der Waals surface area (Å²) in [5.74, 6) is 6.01. The van der Waals surface area contributed by atoms with E-state index in [9.17, 15) is 18.3 Å². The number of carboxylic acid groups (broad SMARTS) is 1. The highest BCUT2D eigenvalue weighted by Gasteiger charge is 2.28.